The van der Waals surface area contributed by atoms with Crippen LogP contribution in [0.15, 0.2) is 60.7 Å². The second-order valence-electron chi connectivity index (χ2n) is 6.71. The lowest BCUT2D eigenvalue weighted by molar-refractivity contribution is 0.187. The first kappa shape index (κ1) is 20.2. The van der Waals surface area contributed by atoms with Crippen molar-refractivity contribution in [2.75, 3.05) is 12.4 Å². The van der Waals surface area contributed by atoms with Gasteiger partial charge in [-0.15, -0.1) is 11.3 Å². The van der Waals surface area contributed by atoms with Crippen LogP contribution in [0.3, 0.4) is 0 Å². The standard InChI is InChI=1S/C23H19ClN2O3S/c1-14-11-18(8-10-19(14)26-23(27)28-2)29-13-15-3-9-20-21(12-15)30-22(25-20)16-4-6-17(24)7-5-16/h3-12H,13H2,1-2H3,(H,26,27). The summed E-state index contributed by atoms with van der Waals surface area (Å²) in [5, 5.41) is 4.34. The number of methoxy groups -OCH3 is 1. The third-order valence-corrected chi connectivity index (χ3v) is 5.89. The number of anilines is 1. The van der Waals surface area contributed by atoms with Crippen LogP contribution in [-0.2, 0) is 11.3 Å². The van der Waals surface area contributed by atoms with Gasteiger partial charge in [0.1, 0.15) is 17.4 Å². The van der Waals surface area contributed by atoms with E-state index in [1.165, 1.54) is 7.11 Å². The monoisotopic (exact) mass is 438 g/mol. The number of thiazole rings is 1. The van der Waals surface area contributed by atoms with Crippen molar-refractivity contribution in [3.05, 3.63) is 76.8 Å². The van der Waals surface area contributed by atoms with Gasteiger partial charge in [-0.3, -0.25) is 5.32 Å². The van der Waals surface area contributed by atoms with Crippen LogP contribution in [0.4, 0.5) is 10.5 Å². The molecule has 0 unspecified atom stereocenters. The average molecular weight is 439 g/mol. The van der Waals surface area contributed by atoms with Crippen LogP contribution >= 0.6 is 22.9 Å². The number of rotatable bonds is 5. The Balaban J connectivity index is 1.47. The second kappa shape index (κ2) is 8.73. The van der Waals surface area contributed by atoms with Crippen LogP contribution in [-0.4, -0.2) is 18.2 Å². The van der Waals surface area contributed by atoms with E-state index in [1.807, 2.05) is 55.5 Å². The summed E-state index contributed by atoms with van der Waals surface area (Å²) in [6.45, 7) is 2.34. The van der Waals surface area contributed by atoms with Crippen molar-refractivity contribution in [1.82, 2.24) is 4.98 Å². The molecule has 1 amide bonds. The van der Waals surface area contributed by atoms with Gasteiger partial charge < -0.3 is 9.47 Å². The number of ether oxygens (including phenoxy) is 2. The topological polar surface area (TPSA) is 60.5 Å². The Morgan fingerprint density at radius 1 is 1.10 bits per heavy atom. The van der Waals surface area contributed by atoms with Crippen LogP contribution < -0.4 is 10.1 Å². The summed E-state index contributed by atoms with van der Waals surface area (Å²) in [5.74, 6) is 0.731. The lowest BCUT2D eigenvalue weighted by Crippen LogP contribution is -2.11. The number of benzene rings is 3. The van der Waals surface area contributed by atoms with Crippen LogP contribution in [0.1, 0.15) is 11.1 Å². The molecule has 152 valence electrons. The van der Waals surface area contributed by atoms with Crippen LogP contribution in [0.25, 0.3) is 20.8 Å². The zero-order chi connectivity index (χ0) is 21.1. The molecule has 0 aliphatic carbocycles. The summed E-state index contributed by atoms with van der Waals surface area (Å²) in [6, 6.07) is 19.3. The predicted octanol–water partition coefficient (Wildman–Crippen LogP) is 6.68. The van der Waals surface area contributed by atoms with E-state index in [0.29, 0.717) is 17.3 Å². The number of carbonyl (C=O) groups is 1. The molecule has 0 saturated carbocycles. The smallest absolute Gasteiger partial charge is 0.411 e. The molecule has 30 heavy (non-hydrogen) atoms. The molecule has 0 saturated heterocycles. The van der Waals surface area contributed by atoms with Crippen molar-refractivity contribution < 1.29 is 14.3 Å². The minimum atomic E-state index is -0.498. The first-order chi connectivity index (χ1) is 14.5. The number of halogens is 1. The van der Waals surface area contributed by atoms with Gasteiger partial charge in [0, 0.05) is 16.3 Å². The quantitative estimate of drug-likeness (QED) is 0.377. The zero-order valence-corrected chi connectivity index (χ0v) is 18.0. The molecular weight excluding hydrogens is 420 g/mol. The molecule has 1 N–H and O–H groups in total. The van der Waals surface area contributed by atoms with Crippen molar-refractivity contribution in [3.8, 4) is 16.3 Å². The van der Waals surface area contributed by atoms with Crippen molar-refractivity contribution >= 4 is 44.9 Å². The van der Waals surface area contributed by atoms with Crippen molar-refractivity contribution in [2.45, 2.75) is 13.5 Å². The summed E-state index contributed by atoms with van der Waals surface area (Å²) in [5.41, 5.74) is 4.65. The summed E-state index contributed by atoms with van der Waals surface area (Å²) in [4.78, 5) is 16.1. The fraction of sp³-hybridized carbons (Fsp3) is 0.130. The molecule has 4 aromatic rings. The maximum atomic E-state index is 11.4. The molecule has 5 nitrogen and oxygen atoms in total. The van der Waals surface area contributed by atoms with Crippen molar-refractivity contribution in [1.29, 1.82) is 0 Å². The van der Waals surface area contributed by atoms with Gasteiger partial charge in [-0.1, -0.05) is 29.8 Å². The van der Waals surface area contributed by atoms with Gasteiger partial charge in [-0.2, -0.15) is 0 Å². The molecule has 0 spiro atoms. The Morgan fingerprint density at radius 3 is 2.63 bits per heavy atom. The molecular formula is C23H19ClN2O3S. The van der Waals surface area contributed by atoms with Crippen molar-refractivity contribution in [2.24, 2.45) is 0 Å². The molecule has 0 aliphatic rings. The number of carbonyl (C=O) groups excluding carboxylic acids is 1. The van der Waals surface area contributed by atoms with Gasteiger partial charge in [0.25, 0.3) is 0 Å². The lowest BCUT2D eigenvalue weighted by atomic mass is 10.2. The normalized spacial score (nSPS) is 10.8. The van der Waals surface area contributed by atoms with Crippen LogP contribution in [0.5, 0.6) is 5.75 Å². The molecule has 0 bridgehead atoms. The van der Waals surface area contributed by atoms with Gasteiger partial charge in [-0.05, 0) is 60.5 Å². The minimum Gasteiger partial charge on any atom is -0.489 e. The van der Waals surface area contributed by atoms with Crippen molar-refractivity contribution in [3.63, 3.8) is 0 Å². The number of fused-ring (bicyclic) bond motifs is 1. The van der Waals surface area contributed by atoms with E-state index in [4.69, 9.17) is 21.3 Å². The van der Waals surface area contributed by atoms with Gasteiger partial charge in [0.2, 0.25) is 0 Å². The summed E-state index contributed by atoms with van der Waals surface area (Å²) in [7, 11) is 1.33. The molecule has 0 fully saturated rings. The molecule has 3 aromatic carbocycles. The van der Waals surface area contributed by atoms with Gasteiger partial charge in [-0.25, -0.2) is 9.78 Å². The third kappa shape index (κ3) is 4.56. The molecule has 0 aliphatic heterocycles. The highest BCUT2D eigenvalue weighted by Crippen LogP contribution is 2.31. The van der Waals surface area contributed by atoms with Gasteiger partial charge in [0.05, 0.1) is 17.3 Å². The third-order valence-electron chi connectivity index (χ3n) is 4.57. The zero-order valence-electron chi connectivity index (χ0n) is 16.4. The molecule has 7 heteroatoms. The highest BCUT2D eigenvalue weighted by molar-refractivity contribution is 7.21. The number of nitrogens with zero attached hydrogens (tertiary/aromatic N) is 1. The fourth-order valence-corrected chi connectivity index (χ4v) is 4.13. The van der Waals surface area contributed by atoms with Gasteiger partial charge in [0.15, 0.2) is 0 Å². The highest BCUT2D eigenvalue weighted by atomic mass is 35.5. The Bertz CT molecular complexity index is 1210. The number of aryl methyl sites for hydroxylation is 1. The second-order valence-corrected chi connectivity index (χ2v) is 8.18. The summed E-state index contributed by atoms with van der Waals surface area (Å²) in [6.07, 6.45) is -0.498. The lowest BCUT2D eigenvalue weighted by Gasteiger charge is -2.11. The highest BCUT2D eigenvalue weighted by Gasteiger charge is 2.09. The number of aromatic nitrogens is 1. The van der Waals surface area contributed by atoms with E-state index < -0.39 is 6.09 Å². The Hall–Kier alpha value is -3.09. The maximum Gasteiger partial charge on any atom is 0.411 e. The Labute approximate surface area is 183 Å². The van der Waals surface area contributed by atoms with E-state index in [1.54, 1.807) is 17.4 Å². The molecule has 1 aromatic heterocycles. The van der Waals surface area contributed by atoms with E-state index in [2.05, 4.69) is 16.1 Å². The van der Waals surface area contributed by atoms with E-state index in [0.717, 1.165) is 37.7 Å². The minimum absolute atomic E-state index is 0.438. The van der Waals surface area contributed by atoms with E-state index >= 15 is 0 Å². The SMILES string of the molecule is COC(=O)Nc1ccc(OCc2ccc3nc(-c4ccc(Cl)cc4)sc3c2)cc1C. The number of nitrogens with one attached hydrogen (secondary N) is 1. The predicted molar refractivity (Wildman–Crippen MR) is 122 cm³/mol. The Kier molecular flexibility index (Phi) is 5.88. The largest absolute Gasteiger partial charge is 0.489 e. The first-order valence-corrected chi connectivity index (χ1v) is 10.4. The summed E-state index contributed by atoms with van der Waals surface area (Å²) >= 11 is 7.62. The van der Waals surface area contributed by atoms with E-state index in [9.17, 15) is 4.79 Å². The number of hydrogen-bond donors (Lipinski definition) is 1. The molecule has 4 rings (SSSR count). The molecule has 1 heterocycles. The fourth-order valence-electron chi connectivity index (χ4n) is 2.97. The number of hydrogen-bond acceptors (Lipinski definition) is 5. The molecule has 0 radical (unpaired) electrons. The first-order valence-electron chi connectivity index (χ1n) is 9.25. The van der Waals surface area contributed by atoms with E-state index in [-0.39, 0.29) is 0 Å². The maximum absolute atomic E-state index is 11.4. The van der Waals surface area contributed by atoms with Crippen LogP contribution in [0.2, 0.25) is 5.02 Å². The van der Waals surface area contributed by atoms with Gasteiger partial charge >= 0.3 is 6.09 Å². The number of amides is 1. The Morgan fingerprint density at radius 2 is 1.90 bits per heavy atom. The summed E-state index contributed by atoms with van der Waals surface area (Å²) < 4.78 is 11.7. The average Bonchev–Trinajstić information content (AvgIpc) is 3.17. The van der Waals surface area contributed by atoms with Crippen LogP contribution in [0, 0.1) is 6.92 Å². The molecule has 0 atom stereocenters.